The van der Waals surface area contributed by atoms with Gasteiger partial charge >= 0.3 is 6.18 Å². The minimum Gasteiger partial charge on any atom is -0.353 e. The second-order valence-corrected chi connectivity index (χ2v) is 11.4. The predicted octanol–water partition coefficient (Wildman–Crippen LogP) is 3.58. The molecule has 1 fully saturated rings. The number of alkyl halides is 3. The van der Waals surface area contributed by atoms with Crippen LogP contribution in [0.5, 0.6) is 0 Å². The zero-order chi connectivity index (χ0) is 23.5. The Morgan fingerprint density at radius 3 is 2.52 bits per heavy atom. The fourth-order valence-electron chi connectivity index (χ4n) is 2.78. The molecule has 0 aromatic carbocycles. The second-order valence-electron chi connectivity index (χ2n) is 8.72. The summed E-state index contributed by atoms with van der Waals surface area (Å²) in [6, 6.07) is 1.43. The highest BCUT2D eigenvalue weighted by molar-refractivity contribution is 7.93. The van der Waals surface area contributed by atoms with E-state index in [1.54, 1.807) is 0 Å². The fourth-order valence-corrected chi connectivity index (χ4v) is 4.12. The van der Waals surface area contributed by atoms with Gasteiger partial charge in [0.1, 0.15) is 4.75 Å². The van der Waals surface area contributed by atoms with Gasteiger partial charge < -0.3 is 14.0 Å². The normalized spacial score (nSPS) is 18.7. The summed E-state index contributed by atoms with van der Waals surface area (Å²) in [6.45, 7) is 6.72. The van der Waals surface area contributed by atoms with Gasteiger partial charge in [0, 0.05) is 18.1 Å². The Bertz CT molecular complexity index is 858. The van der Waals surface area contributed by atoms with Crippen molar-refractivity contribution in [2.45, 2.75) is 76.0 Å². The molecule has 2 heterocycles. The molecule has 8 nitrogen and oxygen atoms in total. The van der Waals surface area contributed by atoms with Crippen molar-refractivity contribution in [1.29, 1.82) is 0 Å². The molecule has 1 N–H and O–H groups in total. The van der Waals surface area contributed by atoms with Crippen LogP contribution in [0, 0.1) is 0 Å². The van der Waals surface area contributed by atoms with Gasteiger partial charge in [-0.25, -0.2) is 8.42 Å². The molecule has 1 aromatic rings. The first-order chi connectivity index (χ1) is 14.1. The molecular formula is C19H29F3N2O6S. The van der Waals surface area contributed by atoms with E-state index in [0.717, 1.165) is 33.1 Å². The van der Waals surface area contributed by atoms with Crippen molar-refractivity contribution >= 4 is 21.6 Å². The lowest BCUT2D eigenvalue weighted by molar-refractivity contribution is -0.170. The number of ether oxygens (including phenoxy) is 2. The van der Waals surface area contributed by atoms with Gasteiger partial charge in [0.2, 0.25) is 11.8 Å². The lowest BCUT2D eigenvalue weighted by atomic mass is 9.90. The Labute approximate surface area is 179 Å². The smallest absolute Gasteiger partial charge is 0.353 e. The molecule has 1 aliphatic rings. The standard InChI is InChI=1S/C19H29F3N2O6S/c1-17(2,12-29-15-7-5-6-9-28-15)13-11-14(30-24-13)23-16(25)18(3,4)31(26,27)10-8-19(20,21)22/h11,15H,5-10,12H2,1-4H3,(H,23,25). The largest absolute Gasteiger partial charge is 0.390 e. The van der Waals surface area contributed by atoms with Crippen LogP contribution >= 0.6 is 0 Å². The molecule has 1 amide bonds. The number of hydrogen-bond donors (Lipinski definition) is 1. The number of halogens is 3. The summed E-state index contributed by atoms with van der Waals surface area (Å²) < 4.78 is 76.1. The van der Waals surface area contributed by atoms with Crippen molar-refractivity contribution in [3.05, 3.63) is 11.8 Å². The van der Waals surface area contributed by atoms with Crippen molar-refractivity contribution in [2.75, 3.05) is 24.3 Å². The monoisotopic (exact) mass is 470 g/mol. The average Bonchev–Trinajstić information content (AvgIpc) is 3.14. The number of anilines is 1. The van der Waals surface area contributed by atoms with Crippen LogP contribution < -0.4 is 5.32 Å². The fraction of sp³-hybridized carbons (Fsp3) is 0.789. The number of sulfone groups is 1. The lowest BCUT2D eigenvalue weighted by Gasteiger charge is -2.28. The zero-order valence-corrected chi connectivity index (χ0v) is 18.9. The number of amides is 1. The summed E-state index contributed by atoms with van der Waals surface area (Å²) >= 11 is 0. The Balaban J connectivity index is 2.00. The van der Waals surface area contributed by atoms with E-state index in [9.17, 15) is 26.4 Å². The van der Waals surface area contributed by atoms with Crippen molar-refractivity contribution in [3.8, 4) is 0 Å². The third kappa shape index (κ3) is 6.91. The highest BCUT2D eigenvalue weighted by Crippen LogP contribution is 2.29. The molecule has 2 rings (SSSR count). The molecule has 0 saturated carbocycles. The molecule has 178 valence electrons. The summed E-state index contributed by atoms with van der Waals surface area (Å²) in [5.74, 6) is -2.31. The molecule has 1 unspecified atom stereocenters. The highest BCUT2D eigenvalue weighted by atomic mass is 32.2. The highest BCUT2D eigenvalue weighted by Gasteiger charge is 2.44. The van der Waals surface area contributed by atoms with Gasteiger partial charge in [-0.3, -0.25) is 10.1 Å². The Morgan fingerprint density at radius 1 is 1.26 bits per heavy atom. The summed E-state index contributed by atoms with van der Waals surface area (Å²) in [7, 11) is -4.38. The third-order valence-electron chi connectivity index (χ3n) is 5.19. The number of carbonyl (C=O) groups excluding carboxylic acids is 1. The van der Waals surface area contributed by atoms with Crippen molar-refractivity contribution in [1.82, 2.24) is 5.16 Å². The van der Waals surface area contributed by atoms with E-state index < -0.39 is 44.3 Å². The van der Waals surface area contributed by atoms with E-state index in [4.69, 9.17) is 14.0 Å². The maximum Gasteiger partial charge on any atom is 0.390 e. The summed E-state index contributed by atoms with van der Waals surface area (Å²) in [6.07, 6.45) is -3.65. The van der Waals surface area contributed by atoms with Gasteiger partial charge in [0.15, 0.2) is 16.1 Å². The number of hydrogen-bond acceptors (Lipinski definition) is 7. The second kappa shape index (κ2) is 9.45. The molecule has 0 spiro atoms. The van der Waals surface area contributed by atoms with E-state index in [1.807, 2.05) is 13.8 Å². The zero-order valence-electron chi connectivity index (χ0n) is 18.0. The van der Waals surface area contributed by atoms with E-state index in [0.29, 0.717) is 12.3 Å². The van der Waals surface area contributed by atoms with Crippen molar-refractivity contribution in [2.24, 2.45) is 0 Å². The molecule has 1 saturated heterocycles. The maximum absolute atomic E-state index is 12.5. The molecule has 0 aliphatic carbocycles. The van der Waals surface area contributed by atoms with Gasteiger partial charge in [0.25, 0.3) is 0 Å². The number of carbonyl (C=O) groups is 1. The van der Waals surface area contributed by atoms with E-state index in [1.165, 1.54) is 6.07 Å². The number of nitrogens with one attached hydrogen (secondary N) is 1. The van der Waals surface area contributed by atoms with E-state index >= 15 is 0 Å². The first-order valence-corrected chi connectivity index (χ1v) is 11.6. The van der Waals surface area contributed by atoms with Crippen LogP contribution in [-0.2, 0) is 29.5 Å². The van der Waals surface area contributed by atoms with Crippen LogP contribution in [-0.4, -0.2) is 55.7 Å². The van der Waals surface area contributed by atoms with Crippen molar-refractivity contribution < 1.29 is 40.4 Å². The maximum atomic E-state index is 12.5. The van der Waals surface area contributed by atoms with Gasteiger partial charge in [-0.05, 0) is 33.1 Å². The Morgan fingerprint density at radius 2 is 1.94 bits per heavy atom. The van der Waals surface area contributed by atoms with Crippen molar-refractivity contribution in [3.63, 3.8) is 0 Å². The minimum absolute atomic E-state index is 0.110. The van der Waals surface area contributed by atoms with Crippen LogP contribution in [0.3, 0.4) is 0 Å². The quantitative estimate of drug-likeness (QED) is 0.588. The Hall–Kier alpha value is -1.66. The van der Waals surface area contributed by atoms with Crippen LogP contribution in [0.2, 0.25) is 0 Å². The first-order valence-electron chi connectivity index (χ1n) is 9.95. The number of rotatable bonds is 9. The SMILES string of the molecule is CC(C)(COC1CCCCO1)c1cc(NC(=O)C(C)(C)S(=O)(=O)CCC(F)(F)F)on1. The van der Waals surface area contributed by atoms with Gasteiger partial charge in [0.05, 0.1) is 24.5 Å². The molecular weight excluding hydrogens is 441 g/mol. The summed E-state index contributed by atoms with van der Waals surface area (Å²) in [5.41, 5.74) is -0.141. The number of aromatic nitrogens is 1. The summed E-state index contributed by atoms with van der Waals surface area (Å²) in [4.78, 5) is 12.5. The molecule has 1 aromatic heterocycles. The van der Waals surface area contributed by atoms with E-state index in [2.05, 4.69) is 10.5 Å². The van der Waals surface area contributed by atoms with Crippen LogP contribution in [0.15, 0.2) is 10.6 Å². The Kier molecular flexibility index (Phi) is 7.81. The minimum atomic E-state index is -4.64. The summed E-state index contributed by atoms with van der Waals surface area (Å²) in [5, 5.41) is 6.20. The van der Waals surface area contributed by atoms with Gasteiger partial charge in [-0.2, -0.15) is 13.2 Å². The topological polar surface area (TPSA) is 108 Å². The predicted molar refractivity (Wildman–Crippen MR) is 106 cm³/mol. The van der Waals surface area contributed by atoms with Gasteiger partial charge in [-0.1, -0.05) is 19.0 Å². The van der Waals surface area contributed by atoms with Gasteiger partial charge in [-0.15, -0.1) is 0 Å². The molecule has 12 heteroatoms. The molecule has 0 bridgehead atoms. The average molecular weight is 471 g/mol. The molecule has 1 atom stereocenters. The molecule has 31 heavy (non-hydrogen) atoms. The van der Waals surface area contributed by atoms with E-state index in [-0.39, 0.29) is 18.8 Å². The van der Waals surface area contributed by atoms with Crippen LogP contribution in [0.4, 0.5) is 19.1 Å². The number of nitrogens with zero attached hydrogens (tertiary/aromatic N) is 1. The third-order valence-corrected chi connectivity index (χ3v) is 7.67. The molecule has 1 aliphatic heterocycles. The van der Waals surface area contributed by atoms with Crippen LogP contribution in [0.1, 0.15) is 59.1 Å². The van der Waals surface area contributed by atoms with Crippen LogP contribution in [0.25, 0.3) is 0 Å². The first kappa shape index (κ1) is 25.6. The lowest BCUT2D eigenvalue weighted by Crippen LogP contribution is -2.46. The molecule has 0 radical (unpaired) electrons.